The Balaban J connectivity index is 1.68. The van der Waals surface area contributed by atoms with E-state index >= 15 is 0 Å². The van der Waals surface area contributed by atoms with Gasteiger partial charge in [0.25, 0.3) is 0 Å². The molecule has 0 spiro atoms. The third-order valence-electron chi connectivity index (χ3n) is 5.23. The van der Waals surface area contributed by atoms with E-state index in [1.54, 1.807) is 0 Å². The van der Waals surface area contributed by atoms with Crippen molar-refractivity contribution >= 4 is 0 Å². The number of rotatable bonds is 7. The second-order valence-corrected chi connectivity index (χ2v) is 7.00. The van der Waals surface area contributed by atoms with Crippen molar-refractivity contribution in [3.05, 3.63) is 71.8 Å². The minimum atomic E-state index is -0.498. The summed E-state index contributed by atoms with van der Waals surface area (Å²) in [6, 6.07) is 20.1. The Kier molecular flexibility index (Phi) is 6.80. The zero-order chi connectivity index (χ0) is 18.4. The van der Waals surface area contributed by atoms with E-state index in [1.165, 1.54) is 0 Å². The van der Waals surface area contributed by atoms with Gasteiger partial charge in [-0.2, -0.15) is 0 Å². The van der Waals surface area contributed by atoms with Gasteiger partial charge in [-0.3, -0.25) is 0 Å². The Bertz CT molecular complexity index is 646. The van der Waals surface area contributed by atoms with Crippen molar-refractivity contribution in [1.82, 2.24) is 0 Å². The summed E-state index contributed by atoms with van der Waals surface area (Å²) < 4.78 is 18.3. The Morgan fingerprint density at radius 3 is 1.88 bits per heavy atom. The van der Waals surface area contributed by atoms with E-state index in [0.717, 1.165) is 11.1 Å². The fourth-order valence-electron chi connectivity index (χ4n) is 3.35. The summed E-state index contributed by atoms with van der Waals surface area (Å²) in [6.45, 7) is 5.20. The maximum Gasteiger partial charge on any atom is 0.184 e. The maximum absolute atomic E-state index is 9.66. The Morgan fingerprint density at radius 1 is 0.808 bits per heavy atom. The summed E-state index contributed by atoms with van der Waals surface area (Å²) in [5, 5.41) is 9.66. The largest absolute Gasteiger partial charge is 0.394 e. The summed E-state index contributed by atoms with van der Waals surface area (Å²) in [6.07, 6.45) is -0.915. The molecule has 0 aromatic heterocycles. The van der Waals surface area contributed by atoms with Gasteiger partial charge < -0.3 is 19.3 Å². The molecule has 4 nitrogen and oxygen atoms in total. The van der Waals surface area contributed by atoms with Crippen LogP contribution in [-0.2, 0) is 27.4 Å². The standard InChI is InChI=1S/C22H28O4/c1-16-17(2)21(24-14-18-9-5-3-6-10-18)22(26-20(16)13-23)25-15-19-11-7-4-8-12-19/h3-12,16-17,20-23H,13-15H2,1-2H3/t16-,17+,20?,21?,22?/m1/s1. The molecule has 1 N–H and O–H groups in total. The average Bonchev–Trinajstić information content (AvgIpc) is 2.69. The molecule has 1 aliphatic rings. The van der Waals surface area contributed by atoms with Gasteiger partial charge in [-0.15, -0.1) is 0 Å². The van der Waals surface area contributed by atoms with Crippen molar-refractivity contribution in [3.8, 4) is 0 Å². The van der Waals surface area contributed by atoms with Crippen LogP contribution < -0.4 is 0 Å². The predicted molar refractivity (Wildman–Crippen MR) is 100 cm³/mol. The highest BCUT2D eigenvalue weighted by Gasteiger charge is 2.42. The van der Waals surface area contributed by atoms with Crippen LogP contribution in [0.5, 0.6) is 0 Å². The first-order chi connectivity index (χ1) is 12.7. The minimum absolute atomic E-state index is 0.0118. The molecule has 1 heterocycles. The highest BCUT2D eigenvalue weighted by atomic mass is 16.7. The smallest absolute Gasteiger partial charge is 0.184 e. The number of ether oxygens (including phenoxy) is 3. The van der Waals surface area contributed by atoms with Crippen LogP contribution in [0.4, 0.5) is 0 Å². The van der Waals surface area contributed by atoms with Gasteiger partial charge in [0.1, 0.15) is 6.10 Å². The zero-order valence-electron chi connectivity index (χ0n) is 15.5. The van der Waals surface area contributed by atoms with E-state index in [4.69, 9.17) is 14.2 Å². The summed E-state index contributed by atoms with van der Waals surface area (Å²) in [7, 11) is 0. The van der Waals surface area contributed by atoms with Gasteiger partial charge in [-0.25, -0.2) is 0 Å². The Hall–Kier alpha value is -1.72. The van der Waals surface area contributed by atoms with Crippen LogP contribution >= 0.6 is 0 Å². The molecule has 26 heavy (non-hydrogen) atoms. The molecule has 0 radical (unpaired) electrons. The number of aliphatic hydroxyl groups excluding tert-OH is 1. The van der Waals surface area contributed by atoms with E-state index in [1.807, 2.05) is 60.7 Å². The minimum Gasteiger partial charge on any atom is -0.394 e. The Morgan fingerprint density at radius 2 is 1.35 bits per heavy atom. The van der Waals surface area contributed by atoms with Crippen molar-refractivity contribution in [3.63, 3.8) is 0 Å². The molecule has 1 saturated heterocycles. The molecule has 3 rings (SSSR count). The van der Waals surface area contributed by atoms with Crippen molar-refractivity contribution in [2.75, 3.05) is 6.61 Å². The molecule has 3 unspecified atom stereocenters. The first-order valence-corrected chi connectivity index (χ1v) is 9.26. The predicted octanol–water partition coefficient (Wildman–Crippen LogP) is 3.78. The van der Waals surface area contributed by atoms with Crippen LogP contribution in [0.1, 0.15) is 25.0 Å². The SMILES string of the molecule is C[C@@H]1C(OCc2ccccc2)C(OCc2ccccc2)OC(CO)[C@@H]1C. The maximum atomic E-state index is 9.66. The first kappa shape index (κ1) is 19.1. The summed E-state index contributed by atoms with van der Waals surface area (Å²) in [5.74, 6) is 0.405. The van der Waals surface area contributed by atoms with Gasteiger partial charge in [-0.1, -0.05) is 74.5 Å². The lowest BCUT2D eigenvalue weighted by Crippen LogP contribution is -2.52. The molecule has 1 fully saturated rings. The number of hydrogen-bond donors (Lipinski definition) is 1. The van der Waals surface area contributed by atoms with Crippen molar-refractivity contribution in [2.24, 2.45) is 11.8 Å². The fourth-order valence-corrected chi connectivity index (χ4v) is 3.35. The fraction of sp³-hybridized carbons (Fsp3) is 0.455. The van der Waals surface area contributed by atoms with Crippen molar-refractivity contribution in [1.29, 1.82) is 0 Å². The van der Waals surface area contributed by atoms with Crippen LogP contribution in [0, 0.1) is 11.8 Å². The van der Waals surface area contributed by atoms with E-state index in [0.29, 0.717) is 13.2 Å². The van der Waals surface area contributed by atoms with Crippen LogP contribution in [0.3, 0.4) is 0 Å². The number of hydrogen-bond acceptors (Lipinski definition) is 4. The highest BCUT2D eigenvalue weighted by molar-refractivity contribution is 5.14. The molecule has 0 aliphatic carbocycles. The molecule has 2 aromatic rings. The third kappa shape index (κ3) is 4.71. The lowest BCUT2D eigenvalue weighted by Gasteiger charge is -2.43. The molecule has 0 saturated carbocycles. The number of aliphatic hydroxyl groups is 1. The van der Waals surface area contributed by atoms with Gasteiger partial charge in [0, 0.05) is 0 Å². The topological polar surface area (TPSA) is 47.9 Å². The molecule has 0 bridgehead atoms. The van der Waals surface area contributed by atoms with Gasteiger partial charge in [0.05, 0.1) is 25.9 Å². The van der Waals surface area contributed by atoms with Gasteiger partial charge >= 0.3 is 0 Å². The van der Waals surface area contributed by atoms with Gasteiger partial charge in [-0.05, 0) is 23.0 Å². The molecule has 1 aliphatic heterocycles. The number of benzene rings is 2. The van der Waals surface area contributed by atoms with E-state index in [-0.39, 0.29) is 30.7 Å². The molecule has 140 valence electrons. The third-order valence-corrected chi connectivity index (χ3v) is 5.23. The van der Waals surface area contributed by atoms with Gasteiger partial charge in [0.2, 0.25) is 0 Å². The Labute approximate surface area is 155 Å². The second kappa shape index (κ2) is 9.28. The lowest BCUT2D eigenvalue weighted by atomic mass is 9.83. The first-order valence-electron chi connectivity index (χ1n) is 9.26. The van der Waals surface area contributed by atoms with Crippen LogP contribution in [0.25, 0.3) is 0 Å². The van der Waals surface area contributed by atoms with E-state index in [9.17, 15) is 5.11 Å². The van der Waals surface area contributed by atoms with Crippen molar-refractivity contribution < 1.29 is 19.3 Å². The van der Waals surface area contributed by atoms with Crippen LogP contribution in [0.15, 0.2) is 60.7 Å². The molecule has 0 amide bonds. The van der Waals surface area contributed by atoms with E-state index < -0.39 is 6.29 Å². The highest BCUT2D eigenvalue weighted by Crippen LogP contribution is 2.34. The summed E-state index contributed by atoms with van der Waals surface area (Å²) in [5.41, 5.74) is 2.21. The molecule has 2 aromatic carbocycles. The normalized spacial score (nSPS) is 28.8. The average molecular weight is 356 g/mol. The van der Waals surface area contributed by atoms with Crippen LogP contribution in [-0.4, -0.2) is 30.2 Å². The monoisotopic (exact) mass is 356 g/mol. The zero-order valence-corrected chi connectivity index (χ0v) is 15.5. The quantitative estimate of drug-likeness (QED) is 0.820. The molecular formula is C22H28O4. The molecule has 4 heteroatoms. The second-order valence-electron chi connectivity index (χ2n) is 7.00. The van der Waals surface area contributed by atoms with Gasteiger partial charge in [0.15, 0.2) is 6.29 Å². The van der Waals surface area contributed by atoms with Crippen molar-refractivity contribution in [2.45, 2.75) is 45.6 Å². The molecule has 5 atom stereocenters. The van der Waals surface area contributed by atoms with Crippen LogP contribution in [0.2, 0.25) is 0 Å². The lowest BCUT2D eigenvalue weighted by molar-refractivity contribution is -0.290. The molecular weight excluding hydrogens is 328 g/mol. The van der Waals surface area contributed by atoms with E-state index in [2.05, 4.69) is 13.8 Å². The summed E-state index contributed by atoms with van der Waals surface area (Å²) in [4.78, 5) is 0. The summed E-state index contributed by atoms with van der Waals surface area (Å²) >= 11 is 0.